The van der Waals surface area contributed by atoms with E-state index in [2.05, 4.69) is 0 Å². The van der Waals surface area contributed by atoms with Gasteiger partial charge in [0.1, 0.15) is 6.10 Å². The third kappa shape index (κ3) is 1.24. The molecule has 1 heterocycles. The van der Waals surface area contributed by atoms with Crippen LogP contribution in [0.15, 0.2) is 24.3 Å². The standard InChI is InChI=1S/C10H12O3/c1-9(2)12-8-5-3-4-6-10(8,7-11)13-9/h3-8H,1-2H3/t8-,10-/m1/s1. The summed E-state index contributed by atoms with van der Waals surface area (Å²) in [6, 6.07) is 0. The van der Waals surface area contributed by atoms with Gasteiger partial charge in [-0.25, -0.2) is 0 Å². The lowest BCUT2D eigenvalue weighted by molar-refractivity contribution is -0.158. The largest absolute Gasteiger partial charge is 0.339 e. The summed E-state index contributed by atoms with van der Waals surface area (Å²) in [6.45, 7) is 3.61. The molecule has 13 heavy (non-hydrogen) atoms. The first-order valence-corrected chi connectivity index (χ1v) is 4.28. The highest BCUT2D eigenvalue weighted by molar-refractivity contribution is 5.70. The van der Waals surface area contributed by atoms with Crippen LogP contribution >= 0.6 is 0 Å². The van der Waals surface area contributed by atoms with E-state index in [1.165, 1.54) is 0 Å². The Kier molecular flexibility index (Phi) is 1.68. The molecular weight excluding hydrogens is 168 g/mol. The highest BCUT2D eigenvalue weighted by atomic mass is 16.8. The SMILES string of the molecule is CC1(C)O[C@@H]2C=CC=C[C@]2(C=O)O1. The Bertz CT molecular complexity index is 291. The Morgan fingerprint density at radius 3 is 2.77 bits per heavy atom. The summed E-state index contributed by atoms with van der Waals surface area (Å²) >= 11 is 0. The van der Waals surface area contributed by atoms with Crippen LogP contribution in [-0.2, 0) is 14.3 Å². The number of ether oxygens (including phenoxy) is 2. The molecule has 2 aliphatic rings. The number of hydrogen-bond acceptors (Lipinski definition) is 3. The number of carbonyl (C=O) groups is 1. The molecule has 0 aromatic rings. The minimum absolute atomic E-state index is 0.287. The molecule has 1 aliphatic heterocycles. The molecule has 3 nitrogen and oxygen atoms in total. The first-order chi connectivity index (χ1) is 6.08. The van der Waals surface area contributed by atoms with Crippen molar-refractivity contribution in [1.29, 1.82) is 0 Å². The maximum atomic E-state index is 11.0. The lowest BCUT2D eigenvalue weighted by atomic mass is 9.94. The molecule has 0 aromatic heterocycles. The predicted octanol–water partition coefficient (Wildman–Crippen LogP) is 1.20. The Labute approximate surface area is 77.0 Å². The highest BCUT2D eigenvalue weighted by Gasteiger charge is 2.51. The van der Waals surface area contributed by atoms with Crippen LogP contribution in [0.5, 0.6) is 0 Å². The fourth-order valence-corrected chi connectivity index (χ4v) is 1.73. The van der Waals surface area contributed by atoms with Crippen LogP contribution in [0.1, 0.15) is 13.8 Å². The Hall–Kier alpha value is -0.930. The fraction of sp³-hybridized carbons (Fsp3) is 0.500. The van der Waals surface area contributed by atoms with Crippen molar-refractivity contribution in [2.24, 2.45) is 0 Å². The Morgan fingerprint density at radius 1 is 1.38 bits per heavy atom. The summed E-state index contributed by atoms with van der Waals surface area (Å²) < 4.78 is 11.1. The zero-order valence-electron chi connectivity index (χ0n) is 7.69. The summed E-state index contributed by atoms with van der Waals surface area (Å²) in [5.74, 6) is -0.690. The molecule has 0 radical (unpaired) electrons. The monoisotopic (exact) mass is 180 g/mol. The van der Waals surface area contributed by atoms with Gasteiger partial charge in [0.15, 0.2) is 17.7 Å². The smallest absolute Gasteiger partial charge is 0.174 e. The van der Waals surface area contributed by atoms with Gasteiger partial charge in [-0.05, 0) is 19.9 Å². The van der Waals surface area contributed by atoms with Crippen LogP contribution in [0.2, 0.25) is 0 Å². The summed E-state index contributed by atoms with van der Waals surface area (Å²) in [4.78, 5) is 11.0. The number of fused-ring (bicyclic) bond motifs is 1. The van der Waals surface area contributed by atoms with E-state index in [-0.39, 0.29) is 6.10 Å². The molecular formula is C10H12O3. The zero-order chi connectivity index (χ0) is 9.53. The van der Waals surface area contributed by atoms with Gasteiger partial charge in [-0.3, -0.25) is 4.79 Å². The van der Waals surface area contributed by atoms with E-state index in [1.54, 1.807) is 26.0 Å². The molecule has 2 atom stereocenters. The van der Waals surface area contributed by atoms with Gasteiger partial charge in [0.05, 0.1) is 0 Å². The van der Waals surface area contributed by atoms with E-state index in [9.17, 15) is 4.79 Å². The number of hydrogen-bond donors (Lipinski definition) is 0. The normalized spacial score (nSPS) is 40.3. The first-order valence-electron chi connectivity index (χ1n) is 4.28. The molecule has 2 rings (SSSR count). The van der Waals surface area contributed by atoms with Crippen molar-refractivity contribution in [1.82, 2.24) is 0 Å². The third-order valence-corrected chi connectivity index (χ3v) is 2.22. The predicted molar refractivity (Wildman–Crippen MR) is 47.1 cm³/mol. The molecule has 1 aliphatic carbocycles. The zero-order valence-corrected chi connectivity index (χ0v) is 7.69. The van der Waals surface area contributed by atoms with Gasteiger partial charge in [-0.2, -0.15) is 0 Å². The van der Waals surface area contributed by atoms with E-state index < -0.39 is 11.4 Å². The fourth-order valence-electron chi connectivity index (χ4n) is 1.73. The first kappa shape index (κ1) is 8.66. The molecule has 0 N–H and O–H groups in total. The summed E-state index contributed by atoms with van der Waals surface area (Å²) in [5, 5.41) is 0. The Morgan fingerprint density at radius 2 is 2.15 bits per heavy atom. The van der Waals surface area contributed by atoms with Crippen molar-refractivity contribution in [3.8, 4) is 0 Å². The second-order valence-corrected chi connectivity index (χ2v) is 3.76. The quantitative estimate of drug-likeness (QED) is 0.569. The molecule has 3 heteroatoms. The number of allylic oxidation sites excluding steroid dienone is 2. The minimum Gasteiger partial charge on any atom is -0.339 e. The van der Waals surface area contributed by atoms with Gasteiger partial charge in [0.25, 0.3) is 0 Å². The van der Waals surface area contributed by atoms with Gasteiger partial charge in [0.2, 0.25) is 0 Å². The molecule has 0 amide bonds. The molecule has 0 bridgehead atoms. The van der Waals surface area contributed by atoms with Gasteiger partial charge < -0.3 is 9.47 Å². The highest BCUT2D eigenvalue weighted by Crippen LogP contribution is 2.38. The average molecular weight is 180 g/mol. The van der Waals surface area contributed by atoms with Gasteiger partial charge in [-0.15, -0.1) is 0 Å². The van der Waals surface area contributed by atoms with E-state index in [1.807, 2.05) is 12.2 Å². The van der Waals surface area contributed by atoms with Crippen molar-refractivity contribution in [2.75, 3.05) is 0 Å². The molecule has 0 spiro atoms. The number of aldehydes is 1. The van der Waals surface area contributed by atoms with E-state index in [0.717, 1.165) is 6.29 Å². The van der Waals surface area contributed by atoms with E-state index >= 15 is 0 Å². The molecule has 0 aromatic carbocycles. The molecule has 70 valence electrons. The number of rotatable bonds is 1. The van der Waals surface area contributed by atoms with E-state index in [0.29, 0.717) is 0 Å². The Balaban J connectivity index is 2.37. The summed E-state index contributed by atoms with van der Waals surface area (Å²) in [6.07, 6.45) is 7.74. The minimum atomic E-state index is -0.905. The van der Waals surface area contributed by atoms with Crippen molar-refractivity contribution in [3.63, 3.8) is 0 Å². The average Bonchev–Trinajstić information content (AvgIpc) is 2.35. The van der Waals surface area contributed by atoms with Crippen molar-refractivity contribution < 1.29 is 14.3 Å². The third-order valence-electron chi connectivity index (χ3n) is 2.22. The van der Waals surface area contributed by atoms with Crippen LogP contribution in [0.25, 0.3) is 0 Å². The van der Waals surface area contributed by atoms with Crippen LogP contribution in [0.3, 0.4) is 0 Å². The van der Waals surface area contributed by atoms with Crippen LogP contribution in [-0.4, -0.2) is 23.8 Å². The molecule has 1 saturated heterocycles. The van der Waals surface area contributed by atoms with Crippen molar-refractivity contribution in [3.05, 3.63) is 24.3 Å². The second-order valence-electron chi connectivity index (χ2n) is 3.76. The van der Waals surface area contributed by atoms with Gasteiger partial charge in [-0.1, -0.05) is 18.2 Å². The van der Waals surface area contributed by atoms with Crippen LogP contribution in [0, 0.1) is 0 Å². The summed E-state index contributed by atoms with van der Waals surface area (Å²) in [5.41, 5.74) is -0.905. The maximum absolute atomic E-state index is 11.0. The molecule has 0 saturated carbocycles. The van der Waals surface area contributed by atoms with Crippen LogP contribution < -0.4 is 0 Å². The van der Waals surface area contributed by atoms with Gasteiger partial charge >= 0.3 is 0 Å². The second kappa shape index (κ2) is 2.53. The van der Waals surface area contributed by atoms with Gasteiger partial charge in [0, 0.05) is 0 Å². The lowest BCUT2D eigenvalue weighted by Gasteiger charge is -2.23. The maximum Gasteiger partial charge on any atom is 0.174 e. The lowest BCUT2D eigenvalue weighted by Crippen LogP contribution is -2.40. The topological polar surface area (TPSA) is 35.5 Å². The van der Waals surface area contributed by atoms with Crippen LogP contribution in [0.4, 0.5) is 0 Å². The molecule has 0 unspecified atom stereocenters. The number of carbonyl (C=O) groups excluding carboxylic acids is 1. The summed E-state index contributed by atoms with van der Waals surface area (Å²) in [7, 11) is 0. The van der Waals surface area contributed by atoms with E-state index in [4.69, 9.17) is 9.47 Å². The van der Waals surface area contributed by atoms with Crippen molar-refractivity contribution in [2.45, 2.75) is 31.3 Å². The van der Waals surface area contributed by atoms with Crippen molar-refractivity contribution >= 4 is 6.29 Å². The molecule has 1 fully saturated rings.